The maximum absolute atomic E-state index is 12.2. The summed E-state index contributed by atoms with van der Waals surface area (Å²) in [5.41, 5.74) is 11.9. The van der Waals surface area contributed by atoms with Gasteiger partial charge in [-0.25, -0.2) is 0 Å². The molecule has 0 spiro atoms. The summed E-state index contributed by atoms with van der Waals surface area (Å²) < 4.78 is 0. The molecule has 0 aromatic heterocycles. The van der Waals surface area contributed by atoms with Crippen molar-refractivity contribution in [3.05, 3.63) is 35.4 Å². The highest BCUT2D eigenvalue weighted by atomic mass is 16.4. The second kappa shape index (κ2) is 7.51. The number of carbonyl (C=O) groups is 3. The number of carboxylic acid groups (broad SMARTS) is 2. The highest BCUT2D eigenvalue weighted by molar-refractivity contribution is 6.01. The molecule has 1 aromatic rings. The van der Waals surface area contributed by atoms with Gasteiger partial charge in [-0.05, 0) is 18.4 Å². The molecule has 7 nitrogen and oxygen atoms in total. The Bertz CT molecular complexity index is 544. The predicted molar refractivity (Wildman–Crippen MR) is 74.9 cm³/mol. The average molecular weight is 294 g/mol. The van der Waals surface area contributed by atoms with Crippen LogP contribution in [0.15, 0.2) is 24.3 Å². The lowest BCUT2D eigenvalue weighted by molar-refractivity contribution is -0.139. The quantitative estimate of drug-likeness (QED) is 0.494. The van der Waals surface area contributed by atoms with Crippen molar-refractivity contribution in [1.82, 2.24) is 0 Å². The van der Waals surface area contributed by atoms with Gasteiger partial charge < -0.3 is 21.7 Å². The molecule has 6 N–H and O–H groups in total. The lowest BCUT2D eigenvalue weighted by Crippen LogP contribution is -2.35. The third kappa shape index (κ3) is 4.97. The van der Waals surface area contributed by atoms with Crippen molar-refractivity contribution in [2.75, 3.05) is 0 Å². The number of hydrogen-bond acceptors (Lipinski definition) is 5. The van der Waals surface area contributed by atoms with Gasteiger partial charge in [-0.2, -0.15) is 0 Å². The fourth-order valence-electron chi connectivity index (χ4n) is 1.87. The van der Waals surface area contributed by atoms with Crippen molar-refractivity contribution in [2.45, 2.75) is 31.3 Å². The number of nitrogens with two attached hydrogens (primary N) is 2. The van der Waals surface area contributed by atoms with Gasteiger partial charge in [-0.1, -0.05) is 24.3 Å². The number of aliphatic carboxylic acids is 2. The lowest BCUT2D eigenvalue weighted by Gasteiger charge is -2.14. The zero-order chi connectivity index (χ0) is 16.0. The van der Waals surface area contributed by atoms with Gasteiger partial charge in [0.25, 0.3) is 0 Å². The van der Waals surface area contributed by atoms with Crippen LogP contribution < -0.4 is 11.5 Å². The molecule has 2 atom stereocenters. The van der Waals surface area contributed by atoms with Crippen LogP contribution in [-0.4, -0.2) is 40.0 Å². The lowest BCUT2D eigenvalue weighted by atomic mass is 9.93. The summed E-state index contributed by atoms with van der Waals surface area (Å²) in [6.07, 6.45) is -0.180. The van der Waals surface area contributed by atoms with E-state index in [1.54, 1.807) is 18.2 Å². The molecule has 114 valence electrons. The summed E-state index contributed by atoms with van der Waals surface area (Å²) in [6, 6.07) is 4.39. The Labute approximate surface area is 121 Å². The summed E-state index contributed by atoms with van der Waals surface area (Å²) >= 11 is 0. The van der Waals surface area contributed by atoms with Crippen molar-refractivity contribution in [2.24, 2.45) is 11.5 Å². The van der Waals surface area contributed by atoms with E-state index >= 15 is 0 Å². The Balaban J connectivity index is 2.89. The molecule has 0 bridgehead atoms. The van der Waals surface area contributed by atoms with Crippen molar-refractivity contribution in [1.29, 1.82) is 0 Å². The number of hydrogen-bond donors (Lipinski definition) is 4. The van der Waals surface area contributed by atoms with Crippen LogP contribution in [0, 0.1) is 0 Å². The van der Waals surface area contributed by atoms with E-state index in [0.29, 0.717) is 5.56 Å². The highest BCUT2D eigenvalue weighted by Gasteiger charge is 2.21. The number of carbonyl (C=O) groups excluding carboxylic acids is 1. The van der Waals surface area contributed by atoms with Gasteiger partial charge in [0.2, 0.25) is 0 Å². The molecule has 0 radical (unpaired) electrons. The first-order valence-corrected chi connectivity index (χ1v) is 6.40. The molecule has 0 saturated heterocycles. The molecule has 0 saturated carbocycles. The molecule has 0 fully saturated rings. The largest absolute Gasteiger partial charge is 0.481 e. The zero-order valence-electron chi connectivity index (χ0n) is 11.4. The summed E-state index contributed by atoms with van der Waals surface area (Å²) in [7, 11) is 0. The normalized spacial score (nSPS) is 13.4. The van der Waals surface area contributed by atoms with E-state index in [4.69, 9.17) is 21.7 Å². The van der Waals surface area contributed by atoms with Gasteiger partial charge in [-0.15, -0.1) is 0 Å². The molecule has 2 unspecified atom stereocenters. The van der Waals surface area contributed by atoms with Crippen LogP contribution >= 0.6 is 0 Å². The molecule has 0 aliphatic heterocycles. The van der Waals surface area contributed by atoms with E-state index in [1.165, 1.54) is 6.07 Å². The molecule has 0 aliphatic rings. The predicted octanol–water partition coefficient (Wildman–Crippen LogP) is 0.0158. The Morgan fingerprint density at radius 1 is 1.05 bits per heavy atom. The minimum Gasteiger partial charge on any atom is -0.481 e. The van der Waals surface area contributed by atoms with Gasteiger partial charge in [-0.3, -0.25) is 14.4 Å². The van der Waals surface area contributed by atoms with Crippen molar-refractivity contribution >= 4 is 17.7 Å². The van der Waals surface area contributed by atoms with Crippen LogP contribution in [0.1, 0.15) is 28.8 Å². The van der Waals surface area contributed by atoms with E-state index < -0.39 is 29.8 Å². The average Bonchev–Trinajstić information content (AvgIpc) is 2.44. The summed E-state index contributed by atoms with van der Waals surface area (Å²) in [5, 5.41) is 17.4. The van der Waals surface area contributed by atoms with Crippen LogP contribution in [0.3, 0.4) is 0 Å². The highest BCUT2D eigenvalue weighted by Crippen LogP contribution is 2.14. The molecule has 7 heteroatoms. The van der Waals surface area contributed by atoms with Crippen molar-refractivity contribution in [3.8, 4) is 0 Å². The summed E-state index contributed by atoms with van der Waals surface area (Å²) in [4.78, 5) is 33.5. The van der Waals surface area contributed by atoms with Crippen LogP contribution in [0.25, 0.3) is 0 Å². The Morgan fingerprint density at radius 2 is 1.67 bits per heavy atom. The zero-order valence-corrected chi connectivity index (χ0v) is 11.4. The topological polar surface area (TPSA) is 144 Å². The molecule has 1 aromatic carbocycles. The second-order valence-electron chi connectivity index (χ2n) is 4.71. The van der Waals surface area contributed by atoms with E-state index in [1.807, 2.05) is 0 Å². The first-order valence-electron chi connectivity index (χ1n) is 6.40. The van der Waals surface area contributed by atoms with Gasteiger partial charge in [0.1, 0.15) is 6.04 Å². The van der Waals surface area contributed by atoms with Gasteiger partial charge in [0, 0.05) is 12.0 Å². The fourth-order valence-corrected chi connectivity index (χ4v) is 1.87. The molecule has 0 heterocycles. The van der Waals surface area contributed by atoms with Crippen molar-refractivity contribution < 1.29 is 24.6 Å². The molecular weight excluding hydrogens is 276 g/mol. The first-order chi connectivity index (χ1) is 9.82. The standard InChI is InChI=1S/C14H18N2O5/c15-10(5-6-12(17)18)13(19)9-4-2-1-3-8(9)7-11(16)14(20)21/h1-4,10-11H,5-7,15-16H2,(H,17,18)(H,20,21). The van der Waals surface area contributed by atoms with E-state index in [2.05, 4.69) is 0 Å². The number of benzene rings is 1. The number of carboxylic acids is 2. The van der Waals surface area contributed by atoms with Crippen LogP contribution in [0.2, 0.25) is 0 Å². The van der Waals surface area contributed by atoms with Gasteiger partial charge in [0.15, 0.2) is 5.78 Å². The summed E-state index contributed by atoms with van der Waals surface area (Å²) in [6.45, 7) is 0. The van der Waals surface area contributed by atoms with Crippen molar-refractivity contribution in [3.63, 3.8) is 0 Å². The van der Waals surface area contributed by atoms with E-state index in [0.717, 1.165) is 0 Å². The first kappa shape index (κ1) is 16.8. The Kier molecular flexibility index (Phi) is 6.01. The van der Waals surface area contributed by atoms with Gasteiger partial charge in [0.05, 0.1) is 6.04 Å². The Morgan fingerprint density at radius 3 is 2.24 bits per heavy atom. The monoisotopic (exact) mass is 294 g/mol. The molecule has 0 aliphatic carbocycles. The Hall–Kier alpha value is -2.25. The van der Waals surface area contributed by atoms with Crippen LogP contribution in [-0.2, 0) is 16.0 Å². The maximum Gasteiger partial charge on any atom is 0.320 e. The molecule has 0 amide bonds. The van der Waals surface area contributed by atoms with E-state index in [-0.39, 0.29) is 24.8 Å². The SMILES string of the molecule is NC(Cc1ccccc1C(=O)C(N)CCC(=O)O)C(=O)O. The van der Waals surface area contributed by atoms with Crippen LogP contribution in [0.4, 0.5) is 0 Å². The third-order valence-electron chi connectivity index (χ3n) is 3.05. The molecule has 21 heavy (non-hydrogen) atoms. The molecular formula is C14H18N2O5. The van der Waals surface area contributed by atoms with Gasteiger partial charge >= 0.3 is 11.9 Å². The maximum atomic E-state index is 12.2. The van der Waals surface area contributed by atoms with E-state index in [9.17, 15) is 14.4 Å². The molecule has 1 rings (SSSR count). The fraction of sp³-hybridized carbons (Fsp3) is 0.357. The minimum atomic E-state index is -1.16. The second-order valence-corrected chi connectivity index (χ2v) is 4.71. The number of Topliss-reactive ketones (excluding diaryl/α,β-unsaturated/α-hetero) is 1. The minimum absolute atomic E-state index is 0.00287. The summed E-state index contributed by atoms with van der Waals surface area (Å²) in [5.74, 6) is -2.60. The number of rotatable bonds is 8. The third-order valence-corrected chi connectivity index (χ3v) is 3.05. The van der Waals surface area contributed by atoms with Crippen LogP contribution in [0.5, 0.6) is 0 Å². The smallest absolute Gasteiger partial charge is 0.320 e. The number of ketones is 1.